The lowest BCUT2D eigenvalue weighted by atomic mass is 10.2. The van der Waals surface area contributed by atoms with E-state index >= 15 is 0 Å². The number of unbranched alkanes of at least 4 members (excludes halogenated alkanes) is 2. The van der Waals surface area contributed by atoms with E-state index in [2.05, 4.69) is 96.3 Å². The van der Waals surface area contributed by atoms with E-state index < -0.39 is 12.9 Å². The van der Waals surface area contributed by atoms with Gasteiger partial charge in [0.1, 0.15) is 28.8 Å². The monoisotopic (exact) mass is 448 g/mol. The molecule has 1 amide bonds. The summed E-state index contributed by atoms with van der Waals surface area (Å²) >= 11 is 0. The van der Waals surface area contributed by atoms with Crippen molar-refractivity contribution < 1.29 is 9.53 Å². The fraction of sp³-hybridized carbons (Fsp3) is 0.321. The molecule has 0 bridgehead atoms. The Bertz CT molecular complexity index is 856. The van der Waals surface area contributed by atoms with Crippen LogP contribution in [0.2, 0.25) is 0 Å². The fourth-order valence-electron chi connectivity index (χ4n) is 4.04. The SMILES string of the molecule is CC(C)(C)OC(=O)NCCCCC[P+](c1ccccc1)(c1ccccc1)c1ccccc1. The molecule has 168 valence electrons. The summed E-state index contributed by atoms with van der Waals surface area (Å²) in [5.41, 5.74) is -0.463. The fourth-order valence-corrected chi connectivity index (χ4v) is 8.45. The van der Waals surface area contributed by atoms with Gasteiger partial charge in [0, 0.05) is 6.54 Å². The van der Waals surface area contributed by atoms with Crippen molar-refractivity contribution in [3.8, 4) is 0 Å². The summed E-state index contributed by atoms with van der Waals surface area (Å²) in [5, 5.41) is 7.14. The van der Waals surface area contributed by atoms with Gasteiger partial charge in [-0.1, -0.05) is 54.6 Å². The summed E-state index contributed by atoms with van der Waals surface area (Å²) in [6.07, 6.45) is 3.87. The first-order valence-electron chi connectivity index (χ1n) is 11.4. The first-order chi connectivity index (χ1) is 15.4. The molecule has 0 saturated carbocycles. The van der Waals surface area contributed by atoms with Crippen LogP contribution >= 0.6 is 7.26 Å². The van der Waals surface area contributed by atoms with Gasteiger partial charge in [0.05, 0.1) is 6.16 Å². The highest BCUT2D eigenvalue weighted by Gasteiger charge is 2.44. The summed E-state index contributed by atoms with van der Waals surface area (Å²) in [7, 11) is -1.76. The van der Waals surface area contributed by atoms with E-state index in [4.69, 9.17) is 4.74 Å². The highest BCUT2D eigenvalue weighted by Crippen LogP contribution is 2.55. The van der Waals surface area contributed by atoms with Crippen LogP contribution in [0, 0.1) is 0 Å². The van der Waals surface area contributed by atoms with Crippen LogP contribution in [0.4, 0.5) is 4.79 Å². The maximum Gasteiger partial charge on any atom is 0.407 e. The molecule has 0 unspecified atom stereocenters. The number of hydrogen-bond donors (Lipinski definition) is 1. The molecule has 0 fully saturated rings. The minimum absolute atomic E-state index is 0.336. The van der Waals surface area contributed by atoms with E-state index in [1.165, 1.54) is 15.9 Å². The molecule has 4 heteroatoms. The normalized spacial score (nSPS) is 11.7. The molecule has 0 heterocycles. The number of nitrogens with one attached hydrogen (secondary N) is 1. The Morgan fingerprint density at radius 3 is 1.56 bits per heavy atom. The second-order valence-electron chi connectivity index (χ2n) is 9.03. The Labute approximate surface area is 193 Å². The van der Waals surface area contributed by atoms with E-state index in [0.717, 1.165) is 25.4 Å². The minimum Gasteiger partial charge on any atom is -0.444 e. The lowest BCUT2D eigenvalue weighted by Crippen LogP contribution is -2.34. The molecule has 0 aliphatic heterocycles. The van der Waals surface area contributed by atoms with Crippen LogP contribution in [0.5, 0.6) is 0 Å². The topological polar surface area (TPSA) is 38.3 Å². The number of carbonyl (C=O) groups is 1. The van der Waals surface area contributed by atoms with Crippen molar-refractivity contribution >= 4 is 29.3 Å². The average Bonchev–Trinajstić information content (AvgIpc) is 2.79. The zero-order chi connectivity index (χ0) is 22.9. The molecular weight excluding hydrogens is 413 g/mol. The summed E-state index contributed by atoms with van der Waals surface area (Å²) < 4.78 is 5.33. The van der Waals surface area contributed by atoms with Gasteiger partial charge in [-0.05, 0) is 76.4 Å². The van der Waals surface area contributed by atoms with E-state index in [-0.39, 0.29) is 6.09 Å². The van der Waals surface area contributed by atoms with Crippen molar-refractivity contribution in [2.75, 3.05) is 12.7 Å². The maximum absolute atomic E-state index is 11.9. The van der Waals surface area contributed by atoms with Crippen LogP contribution in [0.25, 0.3) is 0 Å². The Morgan fingerprint density at radius 2 is 1.16 bits per heavy atom. The molecule has 32 heavy (non-hydrogen) atoms. The quantitative estimate of drug-likeness (QED) is 0.338. The van der Waals surface area contributed by atoms with Crippen molar-refractivity contribution in [3.05, 3.63) is 91.0 Å². The van der Waals surface area contributed by atoms with Gasteiger partial charge >= 0.3 is 6.09 Å². The van der Waals surface area contributed by atoms with Gasteiger partial charge < -0.3 is 10.1 Å². The zero-order valence-electron chi connectivity index (χ0n) is 19.5. The molecule has 0 aliphatic rings. The van der Waals surface area contributed by atoms with E-state index in [1.807, 2.05) is 20.8 Å². The van der Waals surface area contributed by atoms with Crippen molar-refractivity contribution in [2.24, 2.45) is 0 Å². The maximum atomic E-state index is 11.9. The summed E-state index contributed by atoms with van der Waals surface area (Å²) in [4.78, 5) is 11.9. The number of ether oxygens (including phenoxy) is 1. The lowest BCUT2D eigenvalue weighted by Gasteiger charge is -2.27. The molecule has 0 aromatic heterocycles. The number of benzene rings is 3. The number of amides is 1. The standard InChI is InChI=1S/C28H34NO2P/c1-28(2,3)31-27(30)29-22-14-7-15-23-32(24-16-8-4-9-17-24,25-18-10-5-11-19-25)26-20-12-6-13-21-26/h4-6,8-13,16-21H,7,14-15,22-23H2,1-3H3/p+1. The number of carbonyl (C=O) groups excluding carboxylic acids is 1. The molecule has 1 N–H and O–H groups in total. The van der Waals surface area contributed by atoms with Crippen LogP contribution in [-0.4, -0.2) is 24.4 Å². The van der Waals surface area contributed by atoms with Gasteiger partial charge in [-0.3, -0.25) is 0 Å². The Hall–Kier alpha value is -2.64. The second-order valence-corrected chi connectivity index (χ2v) is 12.6. The first kappa shape index (κ1) is 24.0. The molecule has 0 radical (unpaired) electrons. The third-order valence-electron chi connectivity index (χ3n) is 5.43. The molecule has 3 aromatic carbocycles. The van der Waals surface area contributed by atoms with Crippen LogP contribution in [0.15, 0.2) is 91.0 Å². The molecular formula is C28H35NO2P+. The molecule has 3 aromatic rings. The zero-order valence-corrected chi connectivity index (χ0v) is 20.4. The largest absolute Gasteiger partial charge is 0.444 e. The van der Waals surface area contributed by atoms with Gasteiger partial charge in [0.15, 0.2) is 0 Å². The molecule has 3 nitrogen and oxygen atoms in total. The van der Waals surface area contributed by atoms with E-state index in [0.29, 0.717) is 6.54 Å². The van der Waals surface area contributed by atoms with E-state index in [9.17, 15) is 4.79 Å². The van der Waals surface area contributed by atoms with Crippen LogP contribution in [0.1, 0.15) is 40.0 Å². The van der Waals surface area contributed by atoms with Crippen LogP contribution in [0.3, 0.4) is 0 Å². The van der Waals surface area contributed by atoms with Crippen LogP contribution in [-0.2, 0) is 4.74 Å². The second kappa shape index (κ2) is 11.3. The van der Waals surface area contributed by atoms with Gasteiger partial charge in [-0.25, -0.2) is 4.79 Å². The smallest absolute Gasteiger partial charge is 0.407 e. The first-order valence-corrected chi connectivity index (χ1v) is 13.4. The molecule has 0 spiro atoms. The number of hydrogen-bond acceptors (Lipinski definition) is 2. The van der Waals surface area contributed by atoms with Gasteiger partial charge in [-0.15, -0.1) is 0 Å². The van der Waals surface area contributed by atoms with Gasteiger partial charge in [0.2, 0.25) is 0 Å². The summed E-state index contributed by atoms with van der Waals surface area (Å²) in [6, 6.07) is 32.9. The predicted octanol–water partition coefficient (Wildman–Crippen LogP) is 5.68. The number of alkyl carbamates (subject to hydrolysis) is 1. The Kier molecular flexibility index (Phi) is 8.47. The predicted molar refractivity (Wildman–Crippen MR) is 138 cm³/mol. The lowest BCUT2D eigenvalue weighted by molar-refractivity contribution is 0.0527. The average molecular weight is 449 g/mol. The van der Waals surface area contributed by atoms with Crippen LogP contribution < -0.4 is 21.2 Å². The Balaban J connectivity index is 1.75. The van der Waals surface area contributed by atoms with Gasteiger partial charge in [-0.2, -0.15) is 0 Å². The third-order valence-corrected chi connectivity index (χ3v) is 9.96. The number of rotatable bonds is 9. The highest BCUT2D eigenvalue weighted by molar-refractivity contribution is 7.95. The molecule has 0 aliphatic carbocycles. The van der Waals surface area contributed by atoms with E-state index in [1.54, 1.807) is 0 Å². The van der Waals surface area contributed by atoms with Gasteiger partial charge in [0.25, 0.3) is 0 Å². The van der Waals surface area contributed by atoms with Crippen molar-refractivity contribution in [1.29, 1.82) is 0 Å². The van der Waals surface area contributed by atoms with Crippen molar-refractivity contribution in [3.63, 3.8) is 0 Å². The Morgan fingerprint density at radius 1 is 0.719 bits per heavy atom. The summed E-state index contributed by atoms with van der Waals surface area (Å²) in [6.45, 7) is 6.29. The van der Waals surface area contributed by atoms with Crippen molar-refractivity contribution in [1.82, 2.24) is 5.32 Å². The summed E-state index contributed by atoms with van der Waals surface area (Å²) in [5.74, 6) is 0. The highest BCUT2D eigenvalue weighted by atomic mass is 31.2. The minimum atomic E-state index is -1.76. The van der Waals surface area contributed by atoms with Crippen molar-refractivity contribution in [2.45, 2.75) is 45.6 Å². The molecule has 0 atom stereocenters. The molecule has 3 rings (SSSR count). The molecule has 0 saturated heterocycles. The third kappa shape index (κ3) is 6.43.